The van der Waals surface area contributed by atoms with Gasteiger partial charge in [-0.25, -0.2) is 0 Å². The van der Waals surface area contributed by atoms with Crippen molar-refractivity contribution in [1.29, 1.82) is 0 Å². The molecule has 6 nitrogen and oxygen atoms in total. The number of carbonyl (C=O) groups excluding carboxylic acids is 2. The van der Waals surface area contributed by atoms with E-state index in [1.165, 1.54) is 0 Å². The van der Waals surface area contributed by atoms with Gasteiger partial charge in [0.25, 0.3) is 21.9 Å². The Balaban J connectivity index is 2.60. The summed E-state index contributed by atoms with van der Waals surface area (Å²) in [6.45, 7) is 0. The van der Waals surface area contributed by atoms with Gasteiger partial charge in [-0.3, -0.25) is 9.59 Å². The topological polar surface area (TPSA) is 80.8 Å². The zero-order chi connectivity index (χ0) is 11.5. The van der Waals surface area contributed by atoms with E-state index in [9.17, 15) is 18.0 Å². The first-order valence-corrected chi connectivity index (χ1v) is 6.41. The summed E-state index contributed by atoms with van der Waals surface area (Å²) in [5, 5.41) is 0.309. The predicted octanol–water partition coefficient (Wildman–Crippen LogP) is 0.0257. The zero-order valence-corrected chi connectivity index (χ0v) is 9.38. The number of carbonyl (C=O) groups is 2. The molecule has 1 rings (SSSR count). The smallest absolute Gasteiger partial charge is 0.272 e. The number of rotatable bonds is 5. The van der Waals surface area contributed by atoms with Crippen LogP contribution < -0.4 is 0 Å². The van der Waals surface area contributed by atoms with Crippen LogP contribution in [0.15, 0.2) is 0 Å². The van der Waals surface area contributed by atoms with E-state index in [4.69, 9.17) is 11.6 Å². The van der Waals surface area contributed by atoms with Crippen molar-refractivity contribution in [2.75, 3.05) is 11.6 Å². The fraction of sp³-hybridized carbons (Fsp3) is 0.714. The molecule has 0 aliphatic carbocycles. The van der Waals surface area contributed by atoms with E-state index in [2.05, 4.69) is 4.28 Å². The van der Waals surface area contributed by atoms with Gasteiger partial charge in [0.05, 0.1) is 5.75 Å². The van der Waals surface area contributed by atoms with Gasteiger partial charge in [0.1, 0.15) is 0 Å². The highest BCUT2D eigenvalue weighted by atomic mass is 35.5. The number of nitrogens with zero attached hydrogens (tertiary/aromatic N) is 1. The van der Waals surface area contributed by atoms with Crippen LogP contribution in [0.3, 0.4) is 0 Å². The van der Waals surface area contributed by atoms with Gasteiger partial charge >= 0.3 is 0 Å². The van der Waals surface area contributed by atoms with Gasteiger partial charge in [-0.2, -0.15) is 8.42 Å². The van der Waals surface area contributed by atoms with Crippen LogP contribution in [0.2, 0.25) is 0 Å². The Kier molecular flexibility index (Phi) is 4.06. The molecular formula is C7H10ClNO5S. The molecule has 0 aromatic carbocycles. The van der Waals surface area contributed by atoms with E-state index in [1.54, 1.807) is 0 Å². The van der Waals surface area contributed by atoms with Gasteiger partial charge in [0.2, 0.25) is 0 Å². The molecule has 15 heavy (non-hydrogen) atoms. The summed E-state index contributed by atoms with van der Waals surface area (Å²) in [4.78, 5) is 22.1. The maximum atomic E-state index is 11.2. The van der Waals surface area contributed by atoms with Crippen molar-refractivity contribution in [3.63, 3.8) is 0 Å². The van der Waals surface area contributed by atoms with Crippen molar-refractivity contribution in [1.82, 2.24) is 5.06 Å². The molecule has 1 heterocycles. The average Bonchev–Trinajstić information content (AvgIpc) is 2.46. The molecule has 0 bridgehead atoms. The second-order valence-corrected chi connectivity index (χ2v) is 5.01. The third-order valence-electron chi connectivity index (χ3n) is 1.72. The van der Waals surface area contributed by atoms with Gasteiger partial charge in [-0.15, -0.1) is 20.9 Å². The largest absolute Gasteiger partial charge is 0.288 e. The van der Waals surface area contributed by atoms with Crippen LogP contribution in [0, 0.1) is 0 Å². The minimum Gasteiger partial charge on any atom is -0.272 e. The van der Waals surface area contributed by atoms with Gasteiger partial charge in [-0.1, -0.05) is 0 Å². The lowest BCUT2D eigenvalue weighted by atomic mass is 10.4. The summed E-state index contributed by atoms with van der Waals surface area (Å²) in [6.07, 6.45) is 0.188. The summed E-state index contributed by atoms with van der Waals surface area (Å²) in [7, 11) is -3.89. The summed E-state index contributed by atoms with van der Waals surface area (Å²) < 4.78 is 26.8. The Labute approximate surface area is 92.2 Å². The molecule has 0 unspecified atom stereocenters. The second-order valence-electron chi connectivity index (χ2n) is 2.96. The third-order valence-corrected chi connectivity index (χ3v) is 3.15. The molecule has 0 aromatic heterocycles. The molecule has 1 fully saturated rings. The molecule has 0 atom stereocenters. The van der Waals surface area contributed by atoms with Crippen molar-refractivity contribution in [3.05, 3.63) is 0 Å². The molecule has 1 aliphatic rings. The van der Waals surface area contributed by atoms with E-state index >= 15 is 0 Å². The van der Waals surface area contributed by atoms with E-state index in [0.717, 1.165) is 0 Å². The molecule has 0 N–H and O–H groups in total. The first kappa shape index (κ1) is 12.4. The van der Waals surface area contributed by atoms with Crippen LogP contribution in [0.1, 0.15) is 19.3 Å². The summed E-state index contributed by atoms with van der Waals surface area (Å²) in [5.74, 6) is -1.40. The Morgan fingerprint density at radius 1 is 1.27 bits per heavy atom. The summed E-state index contributed by atoms with van der Waals surface area (Å²) >= 11 is 5.31. The molecule has 1 aliphatic heterocycles. The van der Waals surface area contributed by atoms with Crippen LogP contribution in [-0.2, 0) is 24.0 Å². The standard InChI is InChI=1S/C7H10ClNO5S/c8-4-1-5-15(12,13)14-9-6(10)2-3-7(9)11/h1-5H2. The number of alkyl halides is 1. The fourth-order valence-corrected chi connectivity index (χ4v) is 2.28. The van der Waals surface area contributed by atoms with Crippen LogP contribution in [0.5, 0.6) is 0 Å². The van der Waals surface area contributed by atoms with Crippen molar-refractivity contribution < 1.29 is 22.3 Å². The highest BCUT2D eigenvalue weighted by Gasteiger charge is 2.34. The van der Waals surface area contributed by atoms with Gasteiger partial charge < -0.3 is 0 Å². The van der Waals surface area contributed by atoms with E-state index in [0.29, 0.717) is 5.06 Å². The number of hydrogen-bond donors (Lipinski definition) is 0. The van der Waals surface area contributed by atoms with Crippen LogP contribution in [0.4, 0.5) is 0 Å². The van der Waals surface area contributed by atoms with E-state index in [1.807, 2.05) is 0 Å². The van der Waals surface area contributed by atoms with Crippen molar-refractivity contribution in [3.8, 4) is 0 Å². The maximum absolute atomic E-state index is 11.2. The van der Waals surface area contributed by atoms with Crippen LogP contribution in [-0.4, -0.2) is 36.9 Å². The monoisotopic (exact) mass is 255 g/mol. The Bertz CT molecular complexity index is 350. The molecule has 86 valence electrons. The molecule has 0 radical (unpaired) electrons. The molecule has 1 saturated heterocycles. The number of hydrogen-bond acceptors (Lipinski definition) is 5. The lowest BCUT2D eigenvalue weighted by molar-refractivity contribution is -0.163. The Morgan fingerprint density at radius 3 is 2.27 bits per heavy atom. The normalized spacial score (nSPS) is 17.5. The third kappa shape index (κ3) is 3.44. The summed E-state index contributed by atoms with van der Waals surface area (Å²) in [5.41, 5.74) is 0. The molecule has 0 aromatic rings. The maximum Gasteiger partial charge on any atom is 0.288 e. The van der Waals surface area contributed by atoms with E-state index < -0.39 is 21.9 Å². The number of halogens is 1. The van der Waals surface area contributed by atoms with Crippen LogP contribution >= 0.6 is 11.6 Å². The van der Waals surface area contributed by atoms with Crippen molar-refractivity contribution in [2.24, 2.45) is 0 Å². The Hall–Kier alpha value is -0.660. The van der Waals surface area contributed by atoms with Crippen molar-refractivity contribution in [2.45, 2.75) is 19.3 Å². The highest BCUT2D eigenvalue weighted by Crippen LogP contribution is 2.14. The molecule has 0 spiro atoms. The van der Waals surface area contributed by atoms with Crippen molar-refractivity contribution >= 4 is 33.5 Å². The minimum atomic E-state index is -3.89. The van der Waals surface area contributed by atoms with Crippen LogP contribution in [0.25, 0.3) is 0 Å². The quantitative estimate of drug-likeness (QED) is 0.511. The minimum absolute atomic E-state index is 0.0101. The lowest BCUT2D eigenvalue weighted by Crippen LogP contribution is -2.33. The predicted molar refractivity (Wildman–Crippen MR) is 51.3 cm³/mol. The van der Waals surface area contributed by atoms with Gasteiger partial charge in [0.15, 0.2) is 0 Å². The summed E-state index contributed by atoms with van der Waals surface area (Å²) in [6, 6.07) is 0. The van der Waals surface area contributed by atoms with Gasteiger partial charge in [0, 0.05) is 18.7 Å². The Morgan fingerprint density at radius 2 is 1.80 bits per heavy atom. The first-order valence-electron chi connectivity index (χ1n) is 4.30. The van der Waals surface area contributed by atoms with Gasteiger partial charge in [-0.05, 0) is 6.42 Å². The average molecular weight is 256 g/mol. The zero-order valence-electron chi connectivity index (χ0n) is 7.81. The molecule has 2 amide bonds. The lowest BCUT2D eigenvalue weighted by Gasteiger charge is -2.12. The number of imide groups is 1. The molecule has 0 saturated carbocycles. The van der Waals surface area contributed by atoms with E-state index in [-0.39, 0.29) is 30.9 Å². The molecule has 8 heteroatoms. The second kappa shape index (κ2) is 4.91. The SMILES string of the molecule is O=C1CCC(=O)N1OS(=O)(=O)CCCCl. The highest BCUT2D eigenvalue weighted by molar-refractivity contribution is 7.86. The fourth-order valence-electron chi connectivity index (χ4n) is 1.02. The number of amides is 2. The first-order chi connectivity index (χ1) is 6.96. The molecular weight excluding hydrogens is 246 g/mol. The number of hydroxylamine groups is 2.